The van der Waals surface area contributed by atoms with E-state index < -0.39 is 70.6 Å². The molecule has 0 radical (unpaired) electrons. The third kappa shape index (κ3) is 2.97. The highest BCUT2D eigenvalue weighted by Crippen LogP contribution is 2.52. The Kier molecular flexibility index (Phi) is 5.11. The summed E-state index contributed by atoms with van der Waals surface area (Å²) in [5.74, 6) is -6.58. The van der Waals surface area contributed by atoms with Gasteiger partial charge >= 0.3 is 5.97 Å². The number of nitrogens with zero attached hydrogens (tertiary/aromatic N) is 1. The molecule has 0 spiro atoms. The first-order valence-electron chi connectivity index (χ1n) is 13.4. The number of aliphatic hydroxyl groups excluding tert-OH is 1. The molecule has 3 heterocycles. The maximum atomic E-state index is 14.1. The molecule has 3 N–H and O–H groups in total. The number of Topliss-reactive ketones (excluding diaryl/α,β-unsaturated/α-hetero) is 3. The van der Waals surface area contributed by atoms with Crippen molar-refractivity contribution >= 4 is 34.8 Å². The summed E-state index contributed by atoms with van der Waals surface area (Å²) in [6.45, 7) is 2.19. The number of aryl methyl sites for hydroxylation is 1. The molecule has 12 nitrogen and oxygen atoms in total. The minimum absolute atomic E-state index is 0.0178. The summed E-state index contributed by atoms with van der Waals surface area (Å²) < 4.78 is 16.5. The van der Waals surface area contributed by atoms with E-state index in [0.717, 1.165) is 4.90 Å². The second-order valence-corrected chi connectivity index (χ2v) is 11.6. The predicted octanol–water partition coefficient (Wildman–Crippen LogP) is 1.24. The van der Waals surface area contributed by atoms with E-state index in [0.29, 0.717) is 11.1 Å². The molecule has 1 amide bonds. The number of benzene rings is 2. The van der Waals surface area contributed by atoms with E-state index in [2.05, 4.69) is 0 Å². The predicted molar refractivity (Wildman–Crippen MR) is 140 cm³/mol. The van der Waals surface area contributed by atoms with E-state index >= 15 is 0 Å². The summed E-state index contributed by atoms with van der Waals surface area (Å²) in [6.07, 6.45) is -1.06. The highest BCUT2D eigenvalue weighted by atomic mass is 16.6. The molecule has 216 valence electrons. The first-order valence-corrected chi connectivity index (χ1v) is 13.4. The number of allylic oxidation sites excluding steroid dienone is 1. The smallest absolute Gasteiger partial charge is 0.336 e. The fraction of sp³-hybridized carbons (Fsp3) is 0.367. The molecule has 1 saturated heterocycles. The molecular formula is C30H25NO11. The summed E-state index contributed by atoms with van der Waals surface area (Å²) in [6, 6.07) is 4.40. The van der Waals surface area contributed by atoms with Gasteiger partial charge < -0.3 is 29.5 Å². The lowest BCUT2D eigenvalue weighted by Gasteiger charge is -2.43. The summed E-state index contributed by atoms with van der Waals surface area (Å²) in [7, 11) is 1.30. The zero-order valence-electron chi connectivity index (χ0n) is 22.8. The zero-order chi connectivity index (χ0) is 30.0. The average Bonchev–Trinajstić information content (AvgIpc) is 3.15. The number of phenols is 2. The van der Waals surface area contributed by atoms with Crippen LogP contribution in [0.1, 0.15) is 57.7 Å². The van der Waals surface area contributed by atoms with Crippen LogP contribution in [0.2, 0.25) is 0 Å². The van der Waals surface area contributed by atoms with Gasteiger partial charge in [0.05, 0.1) is 19.3 Å². The fourth-order valence-corrected chi connectivity index (χ4v) is 7.16. The topological polar surface area (TPSA) is 177 Å². The van der Waals surface area contributed by atoms with Gasteiger partial charge in [-0.25, -0.2) is 4.79 Å². The van der Waals surface area contributed by atoms with E-state index in [-0.39, 0.29) is 58.6 Å². The Morgan fingerprint density at radius 3 is 2.38 bits per heavy atom. The number of aliphatic hydroxyl groups is 1. The molecule has 7 rings (SSSR count). The van der Waals surface area contributed by atoms with E-state index in [1.807, 2.05) is 0 Å². The molecule has 0 aromatic heterocycles. The zero-order valence-corrected chi connectivity index (χ0v) is 22.8. The summed E-state index contributed by atoms with van der Waals surface area (Å²) in [5.41, 5.74) is -2.86. The minimum Gasteiger partial charge on any atom is -0.506 e. The average molecular weight is 576 g/mol. The number of esters is 1. The van der Waals surface area contributed by atoms with E-state index in [1.54, 1.807) is 13.0 Å². The maximum Gasteiger partial charge on any atom is 0.336 e. The summed E-state index contributed by atoms with van der Waals surface area (Å²) >= 11 is 0. The number of hydrogen-bond donors (Lipinski definition) is 3. The van der Waals surface area contributed by atoms with Gasteiger partial charge in [0.25, 0.3) is 5.91 Å². The molecule has 1 fully saturated rings. The number of carbonyl (C=O) groups is 5. The van der Waals surface area contributed by atoms with E-state index in [4.69, 9.17) is 14.2 Å². The number of phenolic OH excluding ortho intramolecular Hbond substituents is 2. The van der Waals surface area contributed by atoms with Gasteiger partial charge in [-0.1, -0.05) is 6.07 Å². The summed E-state index contributed by atoms with van der Waals surface area (Å²) in [5, 5.41) is 32.3. The largest absolute Gasteiger partial charge is 0.506 e. The lowest BCUT2D eigenvalue weighted by atomic mass is 9.68. The number of methoxy groups -OCH3 is 1. The van der Waals surface area contributed by atoms with Crippen LogP contribution < -0.4 is 9.47 Å². The molecule has 0 saturated carbocycles. The number of ether oxygens (including phenoxy) is 3. The van der Waals surface area contributed by atoms with Crippen LogP contribution in [0.4, 0.5) is 0 Å². The molecule has 2 aromatic rings. The number of hydrogen-bond acceptors (Lipinski definition) is 11. The number of ketones is 3. The van der Waals surface area contributed by atoms with Crippen molar-refractivity contribution in [2.24, 2.45) is 5.92 Å². The third-order valence-electron chi connectivity index (χ3n) is 9.12. The van der Waals surface area contributed by atoms with Crippen LogP contribution in [0.15, 0.2) is 23.8 Å². The second-order valence-electron chi connectivity index (χ2n) is 11.6. The molecule has 0 bridgehead atoms. The van der Waals surface area contributed by atoms with Gasteiger partial charge in [-0.3, -0.25) is 24.1 Å². The molecule has 3 aliphatic heterocycles. The second kappa shape index (κ2) is 8.19. The van der Waals surface area contributed by atoms with Crippen molar-refractivity contribution in [3.8, 4) is 23.0 Å². The van der Waals surface area contributed by atoms with Crippen molar-refractivity contribution in [2.45, 2.75) is 50.5 Å². The van der Waals surface area contributed by atoms with Gasteiger partial charge in [0.1, 0.15) is 23.0 Å². The van der Waals surface area contributed by atoms with Crippen molar-refractivity contribution in [3.63, 3.8) is 0 Å². The quantitative estimate of drug-likeness (QED) is 0.347. The number of aromatic hydroxyl groups is 2. The van der Waals surface area contributed by atoms with Crippen LogP contribution in [-0.2, 0) is 32.0 Å². The molecular weight excluding hydrogens is 550 g/mol. The highest BCUT2D eigenvalue weighted by Gasteiger charge is 2.63. The van der Waals surface area contributed by atoms with Crippen molar-refractivity contribution in [1.82, 2.24) is 4.90 Å². The molecule has 12 heteroatoms. The Morgan fingerprint density at radius 2 is 1.69 bits per heavy atom. The minimum atomic E-state index is -1.71. The van der Waals surface area contributed by atoms with Crippen LogP contribution >= 0.6 is 0 Å². The Morgan fingerprint density at radius 1 is 0.952 bits per heavy atom. The van der Waals surface area contributed by atoms with Gasteiger partial charge in [0.15, 0.2) is 40.4 Å². The first kappa shape index (κ1) is 26.2. The Labute approximate surface area is 238 Å². The molecule has 2 aliphatic carbocycles. The van der Waals surface area contributed by atoms with Crippen LogP contribution in [0.3, 0.4) is 0 Å². The van der Waals surface area contributed by atoms with Crippen LogP contribution in [0.5, 0.6) is 23.0 Å². The molecule has 42 heavy (non-hydrogen) atoms. The molecule has 5 aliphatic rings. The number of carbonyl (C=O) groups excluding carboxylic acids is 5. The molecule has 4 unspecified atom stereocenters. The van der Waals surface area contributed by atoms with Gasteiger partial charge in [-0.05, 0) is 49.9 Å². The van der Waals surface area contributed by atoms with E-state index in [1.165, 1.54) is 26.2 Å². The lowest BCUT2D eigenvalue weighted by Crippen LogP contribution is -2.60. The first-order chi connectivity index (χ1) is 19.9. The normalized spacial score (nSPS) is 29.1. The lowest BCUT2D eigenvalue weighted by molar-refractivity contribution is -0.151. The van der Waals surface area contributed by atoms with Gasteiger partial charge in [0, 0.05) is 23.1 Å². The van der Waals surface area contributed by atoms with Crippen molar-refractivity contribution < 1.29 is 53.5 Å². The molecule has 2 aromatic carbocycles. The Hall–Kier alpha value is -4.71. The van der Waals surface area contributed by atoms with E-state index in [9.17, 15) is 39.3 Å². The number of amides is 1. The SMILES string of the molecule is COc1ccc2c(c1O)C(=O)C1C(=O)C3=C(CCc4cc5c(c(O)c43)C(=O)N3C(C)(C5)OC(=O)C3(C)CO)C(=O)C1O2. The van der Waals surface area contributed by atoms with Crippen LogP contribution in [0, 0.1) is 5.92 Å². The third-order valence-corrected chi connectivity index (χ3v) is 9.12. The number of rotatable bonds is 2. The summed E-state index contributed by atoms with van der Waals surface area (Å²) in [4.78, 5) is 69.2. The maximum absolute atomic E-state index is 14.1. The fourth-order valence-electron chi connectivity index (χ4n) is 7.16. The Balaban J connectivity index is 1.38. The number of fused-ring (bicyclic) bond motifs is 6. The standard InChI is InChI=1S/C30H25NO11/c1-29(10-32)28(39)42-30(2)9-12-8-11-4-5-13-18(16(11)23(35)17(12)27(38)31(29)30)24(36)20-25(37)19-14(41-26(20)21(13)33)6-7-15(40-3)22(19)34/h6-8,20,26,32,34-35H,4-5,9-10H2,1-3H3. The van der Waals surface area contributed by atoms with Crippen LogP contribution in [0.25, 0.3) is 5.57 Å². The van der Waals surface area contributed by atoms with Crippen molar-refractivity contribution in [1.29, 1.82) is 0 Å². The van der Waals surface area contributed by atoms with Crippen LogP contribution in [-0.4, -0.2) is 80.5 Å². The highest BCUT2D eigenvalue weighted by molar-refractivity contribution is 6.39. The monoisotopic (exact) mass is 575 g/mol. The van der Waals surface area contributed by atoms with Gasteiger partial charge in [-0.2, -0.15) is 0 Å². The Bertz CT molecular complexity index is 1760. The van der Waals surface area contributed by atoms with Gasteiger partial charge in [0.2, 0.25) is 5.78 Å². The molecule has 4 atom stereocenters. The van der Waals surface area contributed by atoms with Gasteiger partial charge in [-0.15, -0.1) is 0 Å². The van der Waals surface area contributed by atoms with Crippen molar-refractivity contribution in [2.75, 3.05) is 13.7 Å². The van der Waals surface area contributed by atoms with Crippen molar-refractivity contribution in [3.05, 3.63) is 51.6 Å².